The highest BCUT2D eigenvalue weighted by atomic mass is 16.5. The average molecular weight is 327 g/mol. The van der Waals surface area contributed by atoms with Gasteiger partial charge in [-0.05, 0) is 11.8 Å². The van der Waals surface area contributed by atoms with Gasteiger partial charge in [0, 0.05) is 16.5 Å². The Morgan fingerprint density at radius 1 is 1.08 bits per heavy atom. The van der Waals surface area contributed by atoms with E-state index < -0.39 is 0 Å². The topological polar surface area (TPSA) is 18.0 Å². The van der Waals surface area contributed by atoms with Crippen LogP contribution in [0.15, 0.2) is 30.7 Å². The van der Waals surface area contributed by atoms with Crippen LogP contribution in [0.4, 0.5) is 0 Å². The third-order valence-electron chi connectivity index (χ3n) is 5.08. The second kappa shape index (κ2) is 5.94. The van der Waals surface area contributed by atoms with Crippen molar-refractivity contribution in [3.8, 4) is 11.6 Å². The molecule has 1 aromatic carbocycles. The van der Waals surface area contributed by atoms with Gasteiger partial charge in [0.25, 0.3) is 6.33 Å². The number of nitrogens with zero attached hydrogens (tertiary/aromatic N) is 2. The molecule has 2 aromatic rings. The predicted octanol–water partition coefficient (Wildman–Crippen LogP) is 4.99. The molecule has 0 N–H and O–H groups in total. The summed E-state index contributed by atoms with van der Waals surface area (Å²) in [5, 5.41) is 0. The van der Waals surface area contributed by atoms with Crippen LogP contribution in [0.1, 0.15) is 77.5 Å². The number of aromatic nitrogens is 2. The molecule has 0 spiro atoms. The van der Waals surface area contributed by atoms with E-state index >= 15 is 0 Å². The number of hydrogen-bond acceptors (Lipinski definition) is 1. The van der Waals surface area contributed by atoms with Gasteiger partial charge < -0.3 is 4.74 Å². The van der Waals surface area contributed by atoms with Crippen molar-refractivity contribution in [2.24, 2.45) is 5.41 Å². The Bertz CT molecular complexity index is 709. The zero-order valence-electron chi connectivity index (χ0n) is 16.1. The summed E-state index contributed by atoms with van der Waals surface area (Å²) >= 11 is 0. The van der Waals surface area contributed by atoms with Gasteiger partial charge >= 0.3 is 5.88 Å². The maximum atomic E-state index is 5.98. The van der Waals surface area contributed by atoms with Crippen LogP contribution in [0.2, 0.25) is 0 Å². The Balaban J connectivity index is 2.15. The fourth-order valence-electron chi connectivity index (χ4n) is 3.60. The van der Waals surface area contributed by atoms with Crippen molar-refractivity contribution in [2.45, 2.75) is 66.3 Å². The predicted molar refractivity (Wildman–Crippen MR) is 98.1 cm³/mol. The van der Waals surface area contributed by atoms with Crippen molar-refractivity contribution in [1.82, 2.24) is 4.57 Å². The van der Waals surface area contributed by atoms with Crippen molar-refractivity contribution in [2.75, 3.05) is 6.61 Å². The van der Waals surface area contributed by atoms with E-state index in [4.69, 9.17) is 4.74 Å². The molecule has 0 unspecified atom stereocenters. The highest BCUT2D eigenvalue weighted by Gasteiger charge is 2.40. The number of para-hydroxylation sites is 1. The Kier molecular flexibility index (Phi) is 4.23. The smallest absolute Gasteiger partial charge is 0.325 e. The van der Waals surface area contributed by atoms with Crippen molar-refractivity contribution < 1.29 is 9.30 Å². The van der Waals surface area contributed by atoms with Gasteiger partial charge in [0.15, 0.2) is 6.20 Å². The van der Waals surface area contributed by atoms with E-state index in [9.17, 15) is 0 Å². The molecule has 0 aliphatic carbocycles. The Labute approximate surface area is 146 Å². The maximum Gasteiger partial charge on any atom is 0.325 e. The van der Waals surface area contributed by atoms with Crippen LogP contribution >= 0.6 is 0 Å². The van der Waals surface area contributed by atoms with Gasteiger partial charge in [-0.15, -0.1) is 0 Å². The van der Waals surface area contributed by atoms with E-state index in [2.05, 4.69) is 88.3 Å². The number of rotatable bonds is 3. The second-order valence-electron chi connectivity index (χ2n) is 8.68. The van der Waals surface area contributed by atoms with Crippen LogP contribution in [0.25, 0.3) is 5.69 Å². The van der Waals surface area contributed by atoms with E-state index in [0.29, 0.717) is 17.9 Å². The molecule has 1 atom stereocenters. The molecular formula is C21H31N2O+. The fraction of sp³-hybridized carbons (Fsp3) is 0.571. The lowest BCUT2D eigenvalue weighted by molar-refractivity contribution is -0.716. The van der Waals surface area contributed by atoms with Crippen LogP contribution in [-0.4, -0.2) is 11.2 Å². The van der Waals surface area contributed by atoms with Gasteiger partial charge in [0.2, 0.25) is 0 Å². The van der Waals surface area contributed by atoms with Gasteiger partial charge in [0.05, 0.1) is 0 Å². The molecule has 0 amide bonds. The molecular weight excluding hydrogens is 296 g/mol. The molecule has 0 saturated heterocycles. The average Bonchev–Trinajstić information content (AvgIpc) is 3.04. The first kappa shape index (κ1) is 17.1. The maximum absolute atomic E-state index is 5.98. The first-order valence-electron chi connectivity index (χ1n) is 9.09. The Morgan fingerprint density at radius 3 is 2.17 bits per heavy atom. The highest BCUT2D eigenvalue weighted by molar-refractivity contribution is 5.51. The molecule has 24 heavy (non-hydrogen) atoms. The Morgan fingerprint density at radius 2 is 1.67 bits per heavy atom. The van der Waals surface area contributed by atoms with Gasteiger partial charge in [-0.3, -0.25) is 0 Å². The second-order valence-corrected chi connectivity index (χ2v) is 8.68. The Hall–Kier alpha value is -1.77. The minimum Gasteiger partial charge on any atom is -0.455 e. The first-order chi connectivity index (χ1) is 11.2. The number of fused-ring (bicyclic) bond motifs is 1. The molecule has 3 rings (SSSR count). The summed E-state index contributed by atoms with van der Waals surface area (Å²) < 4.78 is 10.6. The van der Waals surface area contributed by atoms with Gasteiger partial charge in [-0.1, -0.05) is 66.7 Å². The van der Waals surface area contributed by atoms with Crippen molar-refractivity contribution in [3.05, 3.63) is 41.9 Å². The highest BCUT2D eigenvalue weighted by Crippen LogP contribution is 2.35. The van der Waals surface area contributed by atoms with E-state index in [0.717, 1.165) is 12.5 Å². The summed E-state index contributed by atoms with van der Waals surface area (Å²) in [6, 6.07) is 7.07. The molecule has 1 aromatic heterocycles. The number of imidazole rings is 1. The van der Waals surface area contributed by atoms with Crippen molar-refractivity contribution in [1.29, 1.82) is 0 Å². The van der Waals surface area contributed by atoms with Crippen LogP contribution < -0.4 is 9.30 Å². The molecule has 3 heteroatoms. The summed E-state index contributed by atoms with van der Waals surface area (Å²) in [7, 11) is 0. The summed E-state index contributed by atoms with van der Waals surface area (Å²) in [6.07, 6.45) is 4.38. The van der Waals surface area contributed by atoms with Crippen LogP contribution in [0.5, 0.6) is 5.88 Å². The lowest BCUT2D eigenvalue weighted by atomic mass is 9.87. The summed E-state index contributed by atoms with van der Waals surface area (Å²) in [6.45, 7) is 16.7. The zero-order chi connectivity index (χ0) is 17.6. The lowest BCUT2D eigenvalue weighted by Crippen LogP contribution is -2.43. The van der Waals surface area contributed by atoms with Crippen LogP contribution in [0, 0.1) is 5.41 Å². The molecule has 0 radical (unpaired) electrons. The van der Waals surface area contributed by atoms with E-state index in [1.165, 1.54) is 16.8 Å². The number of ether oxygens (including phenoxy) is 1. The first-order valence-corrected chi connectivity index (χ1v) is 9.09. The lowest BCUT2D eigenvalue weighted by Gasteiger charge is -2.22. The molecule has 0 bridgehead atoms. The molecule has 0 saturated carbocycles. The largest absolute Gasteiger partial charge is 0.455 e. The molecule has 3 nitrogen and oxygen atoms in total. The standard InChI is InChI=1S/C21H31N2O/c1-14(2)16-9-8-10-17(15(3)4)20(16)22-11-19-23(13-22)18(12-24-19)21(5,6)7/h8-11,13-15,18H,12H2,1-7H3/q+1/t18-/m0/s1. The fourth-order valence-corrected chi connectivity index (χ4v) is 3.60. The SMILES string of the molecule is CC(C)c1cccc(C(C)C)c1-n1cc2[n+](c1)[C@H](C(C)(C)C)CO2. The summed E-state index contributed by atoms with van der Waals surface area (Å²) in [4.78, 5) is 0. The molecule has 2 heterocycles. The third-order valence-corrected chi connectivity index (χ3v) is 5.08. The third kappa shape index (κ3) is 2.85. The number of benzene rings is 1. The van der Waals surface area contributed by atoms with E-state index in [-0.39, 0.29) is 5.41 Å². The summed E-state index contributed by atoms with van der Waals surface area (Å²) in [5.74, 6) is 1.95. The normalized spacial score (nSPS) is 17.5. The minimum atomic E-state index is 0.181. The molecule has 1 aliphatic heterocycles. The van der Waals surface area contributed by atoms with Gasteiger partial charge in [-0.25, -0.2) is 0 Å². The zero-order valence-corrected chi connectivity index (χ0v) is 16.1. The van der Waals surface area contributed by atoms with E-state index in [1.54, 1.807) is 0 Å². The van der Waals surface area contributed by atoms with Crippen molar-refractivity contribution >= 4 is 0 Å². The van der Waals surface area contributed by atoms with E-state index in [1.807, 2.05) is 0 Å². The monoisotopic (exact) mass is 327 g/mol. The molecule has 130 valence electrons. The molecule has 0 fully saturated rings. The van der Waals surface area contributed by atoms with Gasteiger partial charge in [0.1, 0.15) is 18.3 Å². The van der Waals surface area contributed by atoms with Gasteiger partial charge in [-0.2, -0.15) is 9.13 Å². The van der Waals surface area contributed by atoms with Crippen LogP contribution in [0.3, 0.4) is 0 Å². The summed E-state index contributed by atoms with van der Waals surface area (Å²) in [5.41, 5.74) is 4.28. The van der Waals surface area contributed by atoms with Crippen molar-refractivity contribution in [3.63, 3.8) is 0 Å². The minimum absolute atomic E-state index is 0.181. The molecule has 1 aliphatic rings. The quantitative estimate of drug-likeness (QED) is 0.726. The van der Waals surface area contributed by atoms with Crippen LogP contribution in [-0.2, 0) is 0 Å². The number of hydrogen-bond donors (Lipinski definition) is 0.